The lowest BCUT2D eigenvalue weighted by Crippen LogP contribution is -2.36. The van der Waals surface area contributed by atoms with Gasteiger partial charge in [0.2, 0.25) is 0 Å². The highest BCUT2D eigenvalue weighted by molar-refractivity contribution is 6.34. The minimum atomic E-state index is -0.469. The average Bonchev–Trinajstić information content (AvgIpc) is 2.62. The number of piperidine rings is 1. The Morgan fingerprint density at radius 2 is 1.88 bits per heavy atom. The van der Waals surface area contributed by atoms with Crippen LogP contribution in [0.2, 0.25) is 5.02 Å². The summed E-state index contributed by atoms with van der Waals surface area (Å²) in [6, 6.07) is 11.4. The van der Waals surface area contributed by atoms with E-state index in [-0.39, 0.29) is 16.5 Å². The molecule has 3 rings (SSSR count). The first-order valence-corrected chi connectivity index (χ1v) is 8.59. The maximum atomic E-state index is 13.1. The molecule has 25 heavy (non-hydrogen) atoms. The summed E-state index contributed by atoms with van der Waals surface area (Å²) >= 11 is 5.92. The van der Waals surface area contributed by atoms with E-state index in [1.54, 1.807) is 7.11 Å². The van der Waals surface area contributed by atoms with Gasteiger partial charge >= 0.3 is 0 Å². The summed E-state index contributed by atoms with van der Waals surface area (Å²) in [5.41, 5.74) is 2.03. The van der Waals surface area contributed by atoms with E-state index in [2.05, 4.69) is 10.2 Å². The predicted molar refractivity (Wildman–Crippen MR) is 98.0 cm³/mol. The minimum Gasteiger partial charge on any atom is -0.381 e. The van der Waals surface area contributed by atoms with Crippen LogP contribution in [0, 0.1) is 5.82 Å². The third kappa shape index (κ3) is 4.30. The van der Waals surface area contributed by atoms with E-state index in [9.17, 15) is 9.18 Å². The molecule has 132 valence electrons. The van der Waals surface area contributed by atoms with Crippen molar-refractivity contribution < 1.29 is 13.9 Å². The summed E-state index contributed by atoms with van der Waals surface area (Å²) in [6.07, 6.45) is 2.37. The van der Waals surface area contributed by atoms with Gasteiger partial charge in [-0.15, -0.1) is 0 Å². The van der Waals surface area contributed by atoms with Crippen LogP contribution in [-0.4, -0.2) is 32.2 Å². The van der Waals surface area contributed by atoms with Crippen LogP contribution in [0.1, 0.15) is 23.2 Å². The fraction of sp³-hybridized carbons (Fsp3) is 0.316. The van der Waals surface area contributed by atoms with Crippen molar-refractivity contribution >= 4 is 28.9 Å². The molecule has 0 saturated carbocycles. The number of halogens is 2. The van der Waals surface area contributed by atoms with E-state index < -0.39 is 5.82 Å². The highest BCUT2D eigenvalue weighted by atomic mass is 35.5. The summed E-state index contributed by atoms with van der Waals surface area (Å²) in [7, 11) is 1.76. The summed E-state index contributed by atoms with van der Waals surface area (Å²) in [5.74, 6) is -0.832. The molecule has 2 aromatic carbocycles. The van der Waals surface area contributed by atoms with Crippen LogP contribution in [0.3, 0.4) is 0 Å². The summed E-state index contributed by atoms with van der Waals surface area (Å²) < 4.78 is 18.5. The first-order chi connectivity index (χ1) is 12.1. The van der Waals surface area contributed by atoms with Crippen molar-refractivity contribution in [3.05, 3.63) is 58.9 Å². The van der Waals surface area contributed by atoms with E-state index in [4.69, 9.17) is 16.3 Å². The Labute approximate surface area is 151 Å². The molecule has 1 N–H and O–H groups in total. The predicted octanol–water partition coefficient (Wildman–Crippen LogP) is 4.35. The zero-order chi connectivity index (χ0) is 17.8. The molecule has 0 aromatic heterocycles. The Kier molecular flexibility index (Phi) is 5.56. The second kappa shape index (κ2) is 7.85. The van der Waals surface area contributed by atoms with Gasteiger partial charge in [0.15, 0.2) is 0 Å². The molecule has 0 unspecified atom stereocenters. The first-order valence-electron chi connectivity index (χ1n) is 8.21. The lowest BCUT2D eigenvalue weighted by atomic mass is 10.1. The first kappa shape index (κ1) is 17.7. The molecule has 6 heteroatoms. The Morgan fingerprint density at radius 1 is 1.20 bits per heavy atom. The summed E-state index contributed by atoms with van der Waals surface area (Å²) in [6.45, 7) is 1.91. The van der Waals surface area contributed by atoms with Gasteiger partial charge in [0.1, 0.15) is 5.82 Å². The van der Waals surface area contributed by atoms with Crippen LogP contribution in [0.5, 0.6) is 0 Å². The number of carbonyl (C=O) groups is 1. The number of hydrogen-bond acceptors (Lipinski definition) is 3. The second-order valence-corrected chi connectivity index (χ2v) is 6.45. The molecular weight excluding hydrogens is 343 g/mol. The van der Waals surface area contributed by atoms with Crippen molar-refractivity contribution in [1.29, 1.82) is 0 Å². The molecule has 2 aromatic rings. The van der Waals surface area contributed by atoms with Crippen molar-refractivity contribution in [2.75, 3.05) is 30.4 Å². The van der Waals surface area contributed by atoms with Gasteiger partial charge in [0.05, 0.1) is 16.7 Å². The standard InChI is InChI=1S/C19H20ClFN2O2/c1-25-16-8-10-23(11-9-16)15-5-3-14(4-6-15)22-19(24)17-7-2-13(21)12-18(17)20/h2-7,12,16H,8-11H2,1H3,(H,22,24). The van der Waals surface area contributed by atoms with Crippen molar-refractivity contribution in [1.82, 2.24) is 0 Å². The third-order valence-corrected chi connectivity index (χ3v) is 4.75. The summed E-state index contributed by atoms with van der Waals surface area (Å²) in [5, 5.41) is 2.87. The molecule has 1 aliphatic heterocycles. The van der Waals surface area contributed by atoms with Crippen molar-refractivity contribution in [2.45, 2.75) is 18.9 Å². The van der Waals surface area contributed by atoms with E-state index >= 15 is 0 Å². The van der Waals surface area contributed by atoms with E-state index in [0.29, 0.717) is 11.8 Å². The van der Waals surface area contributed by atoms with Crippen LogP contribution < -0.4 is 10.2 Å². The fourth-order valence-electron chi connectivity index (χ4n) is 2.98. The molecule has 0 atom stereocenters. The maximum Gasteiger partial charge on any atom is 0.257 e. The molecule has 1 amide bonds. The number of nitrogens with zero attached hydrogens (tertiary/aromatic N) is 1. The Hall–Kier alpha value is -2.11. The number of ether oxygens (including phenoxy) is 1. The molecule has 0 radical (unpaired) electrons. The molecule has 1 aliphatic rings. The highest BCUT2D eigenvalue weighted by Crippen LogP contribution is 2.24. The smallest absolute Gasteiger partial charge is 0.257 e. The topological polar surface area (TPSA) is 41.6 Å². The largest absolute Gasteiger partial charge is 0.381 e. The molecule has 0 bridgehead atoms. The van der Waals surface area contributed by atoms with Crippen molar-refractivity contribution in [3.8, 4) is 0 Å². The Morgan fingerprint density at radius 3 is 2.48 bits per heavy atom. The van der Waals surface area contributed by atoms with Crippen LogP contribution in [0.4, 0.5) is 15.8 Å². The lowest BCUT2D eigenvalue weighted by Gasteiger charge is -2.33. The summed E-state index contributed by atoms with van der Waals surface area (Å²) in [4.78, 5) is 14.6. The van der Waals surface area contributed by atoms with Crippen LogP contribution in [-0.2, 0) is 4.74 Å². The third-order valence-electron chi connectivity index (χ3n) is 4.44. The van der Waals surface area contributed by atoms with Gasteiger partial charge in [-0.05, 0) is 55.3 Å². The number of amides is 1. The van der Waals surface area contributed by atoms with Gasteiger partial charge in [-0.25, -0.2) is 4.39 Å². The quantitative estimate of drug-likeness (QED) is 0.879. The molecule has 4 nitrogen and oxygen atoms in total. The number of nitrogens with one attached hydrogen (secondary N) is 1. The van der Waals surface area contributed by atoms with Gasteiger partial charge in [-0.1, -0.05) is 11.6 Å². The number of hydrogen-bond donors (Lipinski definition) is 1. The molecular formula is C19H20ClFN2O2. The molecule has 1 saturated heterocycles. The van der Waals surface area contributed by atoms with E-state index in [1.165, 1.54) is 12.1 Å². The second-order valence-electron chi connectivity index (χ2n) is 6.05. The zero-order valence-corrected chi connectivity index (χ0v) is 14.7. The lowest BCUT2D eigenvalue weighted by molar-refractivity contribution is 0.0819. The minimum absolute atomic E-state index is 0.0927. The van der Waals surface area contributed by atoms with E-state index in [1.807, 2.05) is 24.3 Å². The normalized spacial score (nSPS) is 15.2. The molecule has 1 fully saturated rings. The number of carbonyl (C=O) groups excluding carboxylic acids is 1. The van der Waals surface area contributed by atoms with Gasteiger partial charge in [0, 0.05) is 31.6 Å². The number of benzene rings is 2. The van der Waals surface area contributed by atoms with Crippen LogP contribution in [0.25, 0.3) is 0 Å². The van der Waals surface area contributed by atoms with Crippen LogP contribution in [0.15, 0.2) is 42.5 Å². The van der Waals surface area contributed by atoms with Crippen LogP contribution >= 0.6 is 11.6 Å². The highest BCUT2D eigenvalue weighted by Gasteiger charge is 2.19. The van der Waals surface area contributed by atoms with E-state index in [0.717, 1.165) is 37.7 Å². The molecule has 0 aliphatic carbocycles. The van der Waals surface area contributed by atoms with Crippen molar-refractivity contribution in [2.24, 2.45) is 0 Å². The van der Waals surface area contributed by atoms with Gasteiger partial charge in [0.25, 0.3) is 5.91 Å². The fourth-order valence-corrected chi connectivity index (χ4v) is 3.23. The molecule has 1 heterocycles. The van der Waals surface area contributed by atoms with Gasteiger partial charge < -0.3 is 15.0 Å². The number of methoxy groups -OCH3 is 1. The average molecular weight is 363 g/mol. The SMILES string of the molecule is COC1CCN(c2ccc(NC(=O)c3ccc(F)cc3Cl)cc2)CC1. The maximum absolute atomic E-state index is 13.1. The number of anilines is 2. The van der Waals surface area contributed by atoms with Gasteiger partial charge in [-0.2, -0.15) is 0 Å². The Bertz CT molecular complexity index is 744. The monoisotopic (exact) mass is 362 g/mol. The molecule has 0 spiro atoms. The van der Waals surface area contributed by atoms with Crippen molar-refractivity contribution in [3.63, 3.8) is 0 Å². The van der Waals surface area contributed by atoms with Gasteiger partial charge in [-0.3, -0.25) is 4.79 Å². The zero-order valence-electron chi connectivity index (χ0n) is 14.0. The number of rotatable bonds is 4. The Balaban J connectivity index is 1.63.